The molecule has 0 unspecified atom stereocenters. The predicted octanol–water partition coefficient (Wildman–Crippen LogP) is 2.56. The van der Waals surface area contributed by atoms with E-state index in [1.165, 1.54) is 62.4 Å². The van der Waals surface area contributed by atoms with Crippen LogP contribution in [0.4, 0.5) is 5.82 Å². The van der Waals surface area contributed by atoms with Crippen LogP contribution < -0.4 is 4.90 Å². The molecule has 0 spiro atoms. The number of fused-ring (bicyclic) bond motifs is 1. The summed E-state index contributed by atoms with van der Waals surface area (Å²) in [6, 6.07) is 0.871. The molecule has 1 aromatic heterocycles. The van der Waals surface area contributed by atoms with Gasteiger partial charge in [0.15, 0.2) is 0 Å². The fourth-order valence-corrected chi connectivity index (χ4v) is 4.35. The molecule has 1 aliphatic carbocycles. The van der Waals surface area contributed by atoms with E-state index in [9.17, 15) is 0 Å². The number of nitrogens with zero attached hydrogens (tertiary/aromatic N) is 5. The summed E-state index contributed by atoms with van der Waals surface area (Å²) in [6.07, 6.45) is 8.42. The lowest BCUT2D eigenvalue weighted by molar-refractivity contribution is 0.120. The fraction of sp³-hybridized carbons (Fsp3) is 0.800. The zero-order valence-corrected chi connectivity index (χ0v) is 16.0. The van der Waals surface area contributed by atoms with Gasteiger partial charge in [0.1, 0.15) is 12.1 Å². The van der Waals surface area contributed by atoms with Crippen LogP contribution in [-0.4, -0.2) is 65.1 Å². The highest BCUT2D eigenvalue weighted by Gasteiger charge is 2.30. The van der Waals surface area contributed by atoms with Crippen molar-refractivity contribution >= 4 is 5.82 Å². The van der Waals surface area contributed by atoms with Crippen LogP contribution in [0.2, 0.25) is 0 Å². The Balaban J connectivity index is 1.40. The standard InChI is InChI=1S/C20H33N5/c1-16(2)6-8-23-9-7-18-19(14-23)21-15-22-20(18)25-12-10-24(11-13-25)17-4-3-5-17/h15-17H,3-14H2,1-2H3. The molecule has 0 N–H and O–H groups in total. The second-order valence-corrected chi connectivity index (χ2v) is 8.44. The van der Waals surface area contributed by atoms with Crippen LogP contribution in [-0.2, 0) is 13.0 Å². The van der Waals surface area contributed by atoms with Crippen molar-refractivity contribution in [3.63, 3.8) is 0 Å². The van der Waals surface area contributed by atoms with Gasteiger partial charge in [0.05, 0.1) is 5.69 Å². The number of rotatable bonds is 5. The van der Waals surface area contributed by atoms with Gasteiger partial charge in [-0.15, -0.1) is 0 Å². The maximum absolute atomic E-state index is 4.70. The topological polar surface area (TPSA) is 35.5 Å². The maximum atomic E-state index is 4.70. The zero-order chi connectivity index (χ0) is 17.2. The van der Waals surface area contributed by atoms with Gasteiger partial charge in [-0.3, -0.25) is 9.80 Å². The van der Waals surface area contributed by atoms with Gasteiger partial charge in [-0.2, -0.15) is 0 Å². The van der Waals surface area contributed by atoms with Crippen molar-refractivity contribution in [3.05, 3.63) is 17.6 Å². The molecule has 1 saturated heterocycles. The van der Waals surface area contributed by atoms with E-state index in [0.29, 0.717) is 0 Å². The van der Waals surface area contributed by atoms with Crippen molar-refractivity contribution < 1.29 is 0 Å². The average molecular weight is 344 g/mol. The Morgan fingerprint density at radius 1 is 1.08 bits per heavy atom. The van der Waals surface area contributed by atoms with Gasteiger partial charge in [-0.1, -0.05) is 20.3 Å². The Kier molecular flexibility index (Phi) is 5.23. The molecule has 1 saturated carbocycles. The fourth-order valence-electron chi connectivity index (χ4n) is 4.35. The Hall–Kier alpha value is -1.20. The minimum absolute atomic E-state index is 0.773. The monoisotopic (exact) mass is 343 g/mol. The molecular weight excluding hydrogens is 310 g/mol. The van der Waals surface area contributed by atoms with Crippen LogP contribution in [0.3, 0.4) is 0 Å². The summed E-state index contributed by atoms with van der Waals surface area (Å²) in [5.41, 5.74) is 2.68. The van der Waals surface area contributed by atoms with Crippen LogP contribution in [0.25, 0.3) is 0 Å². The van der Waals surface area contributed by atoms with E-state index >= 15 is 0 Å². The first-order valence-electron chi connectivity index (χ1n) is 10.2. The molecule has 5 heteroatoms. The van der Waals surface area contributed by atoms with Crippen molar-refractivity contribution in [1.82, 2.24) is 19.8 Å². The smallest absolute Gasteiger partial charge is 0.135 e. The quantitative estimate of drug-likeness (QED) is 0.821. The van der Waals surface area contributed by atoms with Gasteiger partial charge in [0.2, 0.25) is 0 Å². The second-order valence-electron chi connectivity index (χ2n) is 8.44. The SMILES string of the molecule is CC(C)CCN1CCc2c(ncnc2N2CCN(C3CCC3)CC2)C1. The molecule has 2 fully saturated rings. The van der Waals surface area contributed by atoms with E-state index in [2.05, 4.69) is 33.5 Å². The van der Waals surface area contributed by atoms with Crippen LogP contribution in [0.5, 0.6) is 0 Å². The highest BCUT2D eigenvalue weighted by Crippen LogP contribution is 2.29. The minimum Gasteiger partial charge on any atom is -0.354 e. The van der Waals surface area contributed by atoms with Crippen molar-refractivity contribution in [2.45, 2.75) is 58.5 Å². The van der Waals surface area contributed by atoms with Crippen molar-refractivity contribution in [1.29, 1.82) is 0 Å². The minimum atomic E-state index is 0.773. The number of hydrogen-bond donors (Lipinski definition) is 0. The summed E-state index contributed by atoms with van der Waals surface area (Å²) in [5, 5.41) is 0. The Morgan fingerprint density at radius 3 is 2.56 bits per heavy atom. The van der Waals surface area contributed by atoms with Gasteiger partial charge >= 0.3 is 0 Å². The van der Waals surface area contributed by atoms with E-state index < -0.39 is 0 Å². The first-order valence-corrected chi connectivity index (χ1v) is 10.2. The summed E-state index contributed by atoms with van der Waals surface area (Å²) in [5.74, 6) is 2.00. The van der Waals surface area contributed by atoms with Gasteiger partial charge in [-0.25, -0.2) is 9.97 Å². The molecule has 138 valence electrons. The van der Waals surface area contributed by atoms with Crippen LogP contribution in [0, 0.1) is 5.92 Å². The summed E-state index contributed by atoms with van der Waals surface area (Å²) < 4.78 is 0. The van der Waals surface area contributed by atoms with E-state index in [1.807, 2.05) is 0 Å². The van der Waals surface area contributed by atoms with Crippen LogP contribution >= 0.6 is 0 Å². The van der Waals surface area contributed by atoms with Crippen LogP contribution in [0.1, 0.15) is 50.8 Å². The Labute approximate surface area is 152 Å². The third-order valence-corrected chi connectivity index (χ3v) is 6.29. The molecule has 0 aromatic carbocycles. The lowest BCUT2D eigenvalue weighted by Gasteiger charge is -2.43. The molecule has 2 aliphatic heterocycles. The van der Waals surface area contributed by atoms with Gasteiger partial charge < -0.3 is 4.90 Å². The lowest BCUT2D eigenvalue weighted by atomic mass is 9.91. The third kappa shape index (κ3) is 3.82. The van der Waals surface area contributed by atoms with Gasteiger partial charge in [0, 0.05) is 50.9 Å². The third-order valence-electron chi connectivity index (χ3n) is 6.29. The summed E-state index contributed by atoms with van der Waals surface area (Å²) in [7, 11) is 0. The molecule has 3 aliphatic rings. The normalized spacial score (nSPS) is 22.9. The lowest BCUT2D eigenvalue weighted by Crippen LogP contribution is -2.52. The van der Waals surface area contributed by atoms with E-state index in [4.69, 9.17) is 4.98 Å². The molecule has 0 amide bonds. The summed E-state index contributed by atoms with van der Waals surface area (Å²) in [4.78, 5) is 17.1. The van der Waals surface area contributed by atoms with E-state index in [1.54, 1.807) is 6.33 Å². The van der Waals surface area contributed by atoms with Crippen LogP contribution in [0.15, 0.2) is 6.33 Å². The molecular formula is C20H33N5. The summed E-state index contributed by atoms with van der Waals surface area (Å²) in [6.45, 7) is 12.6. The zero-order valence-electron chi connectivity index (χ0n) is 16.0. The highest BCUT2D eigenvalue weighted by atomic mass is 15.3. The Bertz CT molecular complexity index is 575. The first kappa shape index (κ1) is 17.2. The number of anilines is 1. The highest BCUT2D eigenvalue weighted by molar-refractivity contribution is 5.50. The van der Waals surface area contributed by atoms with Gasteiger partial charge in [0.25, 0.3) is 0 Å². The number of piperazine rings is 1. The largest absolute Gasteiger partial charge is 0.354 e. The summed E-state index contributed by atoms with van der Waals surface area (Å²) >= 11 is 0. The average Bonchev–Trinajstić information content (AvgIpc) is 2.58. The second kappa shape index (κ2) is 7.58. The Morgan fingerprint density at radius 2 is 1.88 bits per heavy atom. The number of hydrogen-bond acceptors (Lipinski definition) is 5. The number of aromatic nitrogens is 2. The molecule has 5 nitrogen and oxygen atoms in total. The molecule has 1 aromatic rings. The maximum Gasteiger partial charge on any atom is 0.135 e. The van der Waals surface area contributed by atoms with Crippen molar-refractivity contribution in [2.75, 3.05) is 44.2 Å². The van der Waals surface area contributed by atoms with Gasteiger partial charge in [-0.05, 0) is 38.1 Å². The van der Waals surface area contributed by atoms with Crippen molar-refractivity contribution in [2.24, 2.45) is 5.92 Å². The van der Waals surface area contributed by atoms with E-state index in [-0.39, 0.29) is 0 Å². The molecule has 3 heterocycles. The molecule has 25 heavy (non-hydrogen) atoms. The van der Waals surface area contributed by atoms with Crippen molar-refractivity contribution in [3.8, 4) is 0 Å². The molecule has 4 rings (SSSR count). The predicted molar refractivity (Wildman–Crippen MR) is 102 cm³/mol. The van der Waals surface area contributed by atoms with E-state index in [0.717, 1.165) is 44.6 Å². The first-order chi connectivity index (χ1) is 12.2. The molecule has 0 bridgehead atoms. The molecule has 0 radical (unpaired) electrons. The molecule has 0 atom stereocenters.